The molecule has 126 valence electrons. The van der Waals surface area contributed by atoms with E-state index in [4.69, 9.17) is 15.6 Å². The third-order valence-electron chi connectivity index (χ3n) is 3.64. The number of benzene rings is 1. The first-order valence-corrected chi connectivity index (χ1v) is 8.41. The SMILES string of the molecule is CC(C)(C)OC(=O)N1CCC[C@H]1C(=O)c1cccc(SN)c1N. The van der Waals surface area contributed by atoms with Gasteiger partial charge in [-0.1, -0.05) is 6.07 Å². The maximum Gasteiger partial charge on any atom is 0.410 e. The van der Waals surface area contributed by atoms with Crippen LogP contribution in [-0.4, -0.2) is 35.0 Å². The number of amides is 1. The lowest BCUT2D eigenvalue weighted by Gasteiger charge is -2.28. The molecular weight excluding hydrogens is 314 g/mol. The number of Topliss-reactive ketones (excluding diaryl/α,β-unsaturated/α-hetero) is 1. The molecule has 6 nitrogen and oxygen atoms in total. The number of anilines is 1. The van der Waals surface area contributed by atoms with Crippen molar-refractivity contribution in [2.75, 3.05) is 12.3 Å². The van der Waals surface area contributed by atoms with E-state index in [9.17, 15) is 9.59 Å². The normalized spacial score (nSPS) is 18.1. The molecule has 1 aromatic carbocycles. The number of likely N-dealkylation sites (tertiary alicyclic amines) is 1. The van der Waals surface area contributed by atoms with Crippen LogP contribution in [-0.2, 0) is 4.74 Å². The largest absolute Gasteiger partial charge is 0.444 e. The smallest absolute Gasteiger partial charge is 0.410 e. The van der Waals surface area contributed by atoms with E-state index >= 15 is 0 Å². The predicted octanol–water partition coefficient (Wildman–Crippen LogP) is 2.82. The fraction of sp³-hybridized carbons (Fsp3) is 0.500. The van der Waals surface area contributed by atoms with Crippen LogP contribution in [0.15, 0.2) is 23.1 Å². The van der Waals surface area contributed by atoms with Crippen LogP contribution >= 0.6 is 11.9 Å². The minimum atomic E-state index is -0.595. The molecule has 1 fully saturated rings. The molecule has 0 spiro atoms. The first-order valence-electron chi connectivity index (χ1n) is 7.53. The number of para-hydroxylation sites is 1. The number of nitrogen functional groups attached to an aromatic ring is 1. The molecular formula is C16H23N3O3S. The fourth-order valence-electron chi connectivity index (χ4n) is 2.62. The van der Waals surface area contributed by atoms with Crippen LogP contribution < -0.4 is 10.9 Å². The Balaban J connectivity index is 2.23. The third kappa shape index (κ3) is 3.97. The van der Waals surface area contributed by atoms with Crippen molar-refractivity contribution in [1.82, 2.24) is 4.90 Å². The van der Waals surface area contributed by atoms with Crippen molar-refractivity contribution in [1.29, 1.82) is 0 Å². The molecule has 0 saturated carbocycles. The van der Waals surface area contributed by atoms with E-state index in [1.807, 2.05) is 0 Å². The van der Waals surface area contributed by atoms with E-state index in [1.165, 1.54) is 4.90 Å². The van der Waals surface area contributed by atoms with E-state index in [0.717, 1.165) is 18.4 Å². The lowest BCUT2D eigenvalue weighted by Crippen LogP contribution is -2.43. The number of hydrogen-bond acceptors (Lipinski definition) is 6. The average molecular weight is 337 g/mol. The van der Waals surface area contributed by atoms with E-state index in [1.54, 1.807) is 39.0 Å². The van der Waals surface area contributed by atoms with Gasteiger partial charge in [0, 0.05) is 17.0 Å². The second kappa shape index (κ2) is 6.80. The number of carbonyl (C=O) groups excluding carboxylic acids is 2. The molecule has 1 aromatic rings. The molecule has 1 amide bonds. The maximum absolute atomic E-state index is 12.8. The number of nitrogens with zero attached hydrogens (tertiary/aromatic N) is 1. The molecule has 7 heteroatoms. The quantitative estimate of drug-likeness (QED) is 0.500. The standard InChI is InChI=1S/C16H23N3O3S/c1-16(2,3)22-15(21)19-9-5-7-11(19)14(20)10-6-4-8-12(23-18)13(10)17/h4,6,8,11H,5,7,9,17-18H2,1-3H3/t11-/m0/s1. The fourth-order valence-corrected chi connectivity index (χ4v) is 3.01. The van der Waals surface area contributed by atoms with Gasteiger partial charge in [0.2, 0.25) is 0 Å². The maximum atomic E-state index is 12.8. The van der Waals surface area contributed by atoms with Gasteiger partial charge in [0.05, 0.1) is 11.7 Å². The van der Waals surface area contributed by atoms with Crippen molar-refractivity contribution in [3.63, 3.8) is 0 Å². The van der Waals surface area contributed by atoms with E-state index < -0.39 is 17.7 Å². The van der Waals surface area contributed by atoms with E-state index in [-0.39, 0.29) is 5.78 Å². The second-order valence-corrected chi connectivity index (χ2v) is 7.21. The lowest BCUT2D eigenvalue weighted by molar-refractivity contribution is 0.0222. The van der Waals surface area contributed by atoms with Crippen molar-refractivity contribution in [2.24, 2.45) is 5.14 Å². The minimum absolute atomic E-state index is 0.165. The molecule has 0 unspecified atom stereocenters. The van der Waals surface area contributed by atoms with Gasteiger partial charge in [-0.2, -0.15) is 0 Å². The van der Waals surface area contributed by atoms with Gasteiger partial charge in [0.25, 0.3) is 0 Å². The average Bonchev–Trinajstić information content (AvgIpc) is 2.94. The Hall–Kier alpha value is -1.73. The Morgan fingerprint density at radius 2 is 2.04 bits per heavy atom. The van der Waals surface area contributed by atoms with Crippen LogP contribution in [0.2, 0.25) is 0 Å². The van der Waals surface area contributed by atoms with Crippen molar-refractivity contribution < 1.29 is 14.3 Å². The monoisotopic (exact) mass is 337 g/mol. The summed E-state index contributed by atoms with van der Waals surface area (Å²) < 4.78 is 5.39. The topological polar surface area (TPSA) is 98.6 Å². The van der Waals surface area contributed by atoms with Crippen LogP contribution in [0.4, 0.5) is 10.5 Å². The molecule has 1 aliphatic heterocycles. The summed E-state index contributed by atoms with van der Waals surface area (Å²) in [5.74, 6) is -0.165. The third-order valence-corrected chi connectivity index (χ3v) is 4.25. The molecule has 0 aliphatic carbocycles. The molecule has 1 saturated heterocycles. The van der Waals surface area contributed by atoms with E-state index in [0.29, 0.717) is 29.1 Å². The summed E-state index contributed by atoms with van der Waals surface area (Å²) in [5.41, 5.74) is 6.20. The molecule has 4 N–H and O–H groups in total. The van der Waals surface area contributed by atoms with E-state index in [2.05, 4.69) is 0 Å². The van der Waals surface area contributed by atoms with Gasteiger partial charge >= 0.3 is 6.09 Å². The molecule has 0 bridgehead atoms. The lowest BCUT2D eigenvalue weighted by atomic mass is 10.0. The van der Waals surface area contributed by atoms with Crippen LogP contribution in [0.25, 0.3) is 0 Å². The van der Waals surface area contributed by atoms with Gasteiger partial charge in [-0.3, -0.25) is 14.8 Å². The summed E-state index contributed by atoms with van der Waals surface area (Å²) in [4.78, 5) is 27.3. The summed E-state index contributed by atoms with van der Waals surface area (Å²) in [7, 11) is 0. The first-order chi connectivity index (χ1) is 10.7. The van der Waals surface area contributed by atoms with Crippen molar-refractivity contribution in [3.05, 3.63) is 23.8 Å². The number of rotatable bonds is 3. The molecule has 0 aromatic heterocycles. The summed E-state index contributed by atoms with van der Waals surface area (Å²) >= 11 is 1.00. The first kappa shape index (κ1) is 17.6. The Kier molecular flexibility index (Phi) is 5.21. The molecule has 1 atom stereocenters. The van der Waals surface area contributed by atoms with Crippen LogP contribution in [0.1, 0.15) is 44.0 Å². The minimum Gasteiger partial charge on any atom is -0.444 e. The summed E-state index contributed by atoms with van der Waals surface area (Å²) in [6.07, 6.45) is 0.912. The Bertz CT molecular complexity index is 613. The number of ketones is 1. The molecule has 0 radical (unpaired) electrons. The highest BCUT2D eigenvalue weighted by molar-refractivity contribution is 7.97. The van der Waals surface area contributed by atoms with Gasteiger partial charge < -0.3 is 10.5 Å². The summed E-state index contributed by atoms with van der Waals surface area (Å²) in [5, 5.41) is 5.56. The van der Waals surface area contributed by atoms with Crippen LogP contribution in [0, 0.1) is 0 Å². The van der Waals surface area contributed by atoms with Crippen LogP contribution in [0.5, 0.6) is 0 Å². The van der Waals surface area contributed by atoms with Gasteiger partial charge in [-0.25, -0.2) is 4.79 Å². The van der Waals surface area contributed by atoms with Crippen LogP contribution in [0.3, 0.4) is 0 Å². The predicted molar refractivity (Wildman–Crippen MR) is 91.2 cm³/mol. The van der Waals surface area contributed by atoms with Gasteiger partial charge in [-0.15, -0.1) is 0 Å². The van der Waals surface area contributed by atoms with Crippen molar-refractivity contribution in [3.8, 4) is 0 Å². The Labute approximate surface area is 140 Å². The summed E-state index contributed by atoms with van der Waals surface area (Å²) in [6, 6.07) is 4.64. The summed E-state index contributed by atoms with van der Waals surface area (Å²) in [6.45, 7) is 5.92. The zero-order chi connectivity index (χ0) is 17.2. The Morgan fingerprint density at radius 1 is 1.35 bits per heavy atom. The number of ether oxygens (including phenoxy) is 1. The number of hydrogen-bond donors (Lipinski definition) is 2. The second-order valence-electron chi connectivity index (χ2n) is 6.53. The highest BCUT2D eigenvalue weighted by atomic mass is 32.2. The highest BCUT2D eigenvalue weighted by Crippen LogP contribution is 2.29. The number of carbonyl (C=O) groups is 2. The number of nitrogens with two attached hydrogens (primary N) is 2. The van der Waals surface area contributed by atoms with Gasteiger partial charge in [0.15, 0.2) is 5.78 Å². The molecule has 1 aliphatic rings. The van der Waals surface area contributed by atoms with Crippen molar-refractivity contribution >= 4 is 29.5 Å². The Morgan fingerprint density at radius 3 is 2.65 bits per heavy atom. The molecule has 2 rings (SSSR count). The van der Waals surface area contributed by atoms with Gasteiger partial charge in [-0.05, 0) is 57.7 Å². The van der Waals surface area contributed by atoms with Crippen molar-refractivity contribution in [2.45, 2.75) is 50.2 Å². The van der Waals surface area contributed by atoms with Gasteiger partial charge in [0.1, 0.15) is 5.60 Å². The zero-order valence-corrected chi connectivity index (χ0v) is 14.5. The molecule has 23 heavy (non-hydrogen) atoms. The highest BCUT2D eigenvalue weighted by Gasteiger charge is 2.37. The zero-order valence-electron chi connectivity index (χ0n) is 13.7. The molecule has 1 heterocycles.